The minimum absolute atomic E-state index is 0.308. The quantitative estimate of drug-likeness (QED) is 0.861. The van der Waals surface area contributed by atoms with Gasteiger partial charge in [0.05, 0.1) is 36.4 Å². The van der Waals surface area contributed by atoms with E-state index in [9.17, 15) is 4.79 Å². The van der Waals surface area contributed by atoms with Gasteiger partial charge in [-0.25, -0.2) is 9.78 Å². The van der Waals surface area contributed by atoms with Crippen LogP contribution in [0.1, 0.15) is 17.3 Å². The number of H-pyrrole nitrogens is 1. The molecule has 1 aromatic heterocycles. The third-order valence-electron chi connectivity index (χ3n) is 3.29. The molecule has 0 aliphatic carbocycles. The summed E-state index contributed by atoms with van der Waals surface area (Å²) in [5, 5.41) is 0. The second kappa shape index (κ2) is 5.50. The molecule has 106 valence electrons. The van der Waals surface area contributed by atoms with E-state index in [4.69, 9.17) is 9.47 Å². The van der Waals surface area contributed by atoms with Gasteiger partial charge in [0.25, 0.3) is 0 Å². The van der Waals surface area contributed by atoms with Gasteiger partial charge in [-0.3, -0.25) is 0 Å². The number of aromatic amines is 1. The average molecular weight is 275 g/mol. The molecule has 6 nitrogen and oxygen atoms in total. The van der Waals surface area contributed by atoms with Crippen LogP contribution in [0.25, 0.3) is 11.0 Å². The maximum Gasteiger partial charge on any atom is 0.338 e. The first kappa shape index (κ1) is 12.9. The molecular formula is C14H17N3O3. The maximum absolute atomic E-state index is 11.7. The first-order valence-corrected chi connectivity index (χ1v) is 6.77. The second-order valence-electron chi connectivity index (χ2n) is 4.61. The van der Waals surface area contributed by atoms with Crippen LogP contribution in [0.3, 0.4) is 0 Å². The van der Waals surface area contributed by atoms with Gasteiger partial charge in [0.2, 0.25) is 5.95 Å². The maximum atomic E-state index is 11.7. The Hall–Kier alpha value is -2.08. The molecule has 20 heavy (non-hydrogen) atoms. The first-order valence-electron chi connectivity index (χ1n) is 6.77. The summed E-state index contributed by atoms with van der Waals surface area (Å²) in [6.07, 6.45) is 0. The SMILES string of the molecule is CCOC(=O)c1ccc2nc(N3CCOCC3)[nH]c2c1. The average Bonchev–Trinajstić information content (AvgIpc) is 2.91. The van der Waals surface area contributed by atoms with Gasteiger partial charge in [-0.1, -0.05) is 0 Å². The van der Waals surface area contributed by atoms with Crippen molar-refractivity contribution in [2.45, 2.75) is 6.92 Å². The van der Waals surface area contributed by atoms with Gasteiger partial charge < -0.3 is 19.4 Å². The number of morpholine rings is 1. The highest BCUT2D eigenvalue weighted by atomic mass is 16.5. The number of esters is 1. The number of nitrogens with one attached hydrogen (secondary N) is 1. The zero-order chi connectivity index (χ0) is 13.9. The summed E-state index contributed by atoms with van der Waals surface area (Å²) >= 11 is 0. The summed E-state index contributed by atoms with van der Waals surface area (Å²) in [6.45, 7) is 5.24. The van der Waals surface area contributed by atoms with Crippen LogP contribution in [0.2, 0.25) is 0 Å². The van der Waals surface area contributed by atoms with Crippen LogP contribution in [0.4, 0.5) is 5.95 Å². The van der Waals surface area contributed by atoms with E-state index < -0.39 is 0 Å². The van der Waals surface area contributed by atoms with Gasteiger partial charge in [0.1, 0.15) is 0 Å². The second-order valence-corrected chi connectivity index (χ2v) is 4.61. The molecule has 3 rings (SSSR count). The van der Waals surface area contributed by atoms with Crippen molar-refractivity contribution in [3.8, 4) is 0 Å². The Morgan fingerprint density at radius 1 is 1.45 bits per heavy atom. The fourth-order valence-corrected chi connectivity index (χ4v) is 2.26. The lowest BCUT2D eigenvalue weighted by Gasteiger charge is -2.26. The van der Waals surface area contributed by atoms with Crippen molar-refractivity contribution in [2.75, 3.05) is 37.8 Å². The number of carbonyl (C=O) groups excluding carboxylic acids is 1. The molecule has 6 heteroatoms. The number of benzene rings is 1. The van der Waals surface area contributed by atoms with Crippen LogP contribution in [0.15, 0.2) is 18.2 Å². The number of nitrogens with zero attached hydrogens (tertiary/aromatic N) is 2. The van der Waals surface area contributed by atoms with Crippen molar-refractivity contribution in [3.63, 3.8) is 0 Å². The highest BCUT2D eigenvalue weighted by molar-refractivity contribution is 5.94. The molecule has 1 fully saturated rings. The van der Waals surface area contributed by atoms with E-state index in [0.29, 0.717) is 25.4 Å². The van der Waals surface area contributed by atoms with Crippen LogP contribution in [-0.4, -0.2) is 48.8 Å². The van der Waals surface area contributed by atoms with Crippen LogP contribution in [0.5, 0.6) is 0 Å². The summed E-state index contributed by atoms with van der Waals surface area (Å²) in [4.78, 5) is 21.7. The van der Waals surface area contributed by atoms with Gasteiger partial charge in [0, 0.05) is 13.1 Å². The molecule has 0 atom stereocenters. The minimum Gasteiger partial charge on any atom is -0.462 e. The lowest BCUT2D eigenvalue weighted by atomic mass is 10.2. The summed E-state index contributed by atoms with van der Waals surface area (Å²) in [5.74, 6) is 0.515. The number of aromatic nitrogens is 2. The summed E-state index contributed by atoms with van der Waals surface area (Å²) < 4.78 is 10.3. The fraction of sp³-hybridized carbons (Fsp3) is 0.429. The molecule has 0 spiro atoms. The molecule has 1 aromatic carbocycles. The van der Waals surface area contributed by atoms with E-state index in [1.807, 2.05) is 6.07 Å². The Labute approximate surface area is 116 Å². The number of imidazole rings is 1. The number of carbonyl (C=O) groups is 1. The highest BCUT2D eigenvalue weighted by Gasteiger charge is 2.15. The fourth-order valence-electron chi connectivity index (χ4n) is 2.26. The summed E-state index contributed by atoms with van der Waals surface area (Å²) in [7, 11) is 0. The van der Waals surface area contributed by atoms with Gasteiger partial charge in [-0.2, -0.15) is 0 Å². The molecular weight excluding hydrogens is 258 g/mol. The Kier molecular flexibility index (Phi) is 3.56. The Morgan fingerprint density at radius 3 is 3.00 bits per heavy atom. The molecule has 1 aliphatic heterocycles. The Bertz CT molecular complexity index is 617. The number of anilines is 1. The van der Waals surface area contributed by atoms with E-state index in [1.165, 1.54) is 0 Å². The number of rotatable bonds is 3. The van der Waals surface area contributed by atoms with E-state index in [-0.39, 0.29) is 5.97 Å². The van der Waals surface area contributed by atoms with Crippen LogP contribution >= 0.6 is 0 Å². The molecule has 0 amide bonds. The molecule has 2 heterocycles. The lowest BCUT2D eigenvalue weighted by Crippen LogP contribution is -2.36. The van der Waals surface area contributed by atoms with Gasteiger partial charge in [0.15, 0.2) is 0 Å². The normalized spacial score (nSPS) is 15.6. The molecule has 0 radical (unpaired) electrons. The third kappa shape index (κ3) is 2.46. The Balaban J connectivity index is 1.88. The zero-order valence-corrected chi connectivity index (χ0v) is 11.4. The van der Waals surface area contributed by atoms with Crippen molar-refractivity contribution in [2.24, 2.45) is 0 Å². The van der Waals surface area contributed by atoms with Crippen molar-refractivity contribution >= 4 is 23.0 Å². The third-order valence-corrected chi connectivity index (χ3v) is 3.29. The van der Waals surface area contributed by atoms with E-state index >= 15 is 0 Å². The number of ether oxygens (including phenoxy) is 2. The Morgan fingerprint density at radius 2 is 2.25 bits per heavy atom. The smallest absolute Gasteiger partial charge is 0.338 e. The van der Waals surface area contributed by atoms with Crippen LogP contribution in [0, 0.1) is 0 Å². The summed E-state index contributed by atoms with van der Waals surface area (Å²) in [6, 6.07) is 5.36. The van der Waals surface area contributed by atoms with E-state index in [1.54, 1.807) is 19.1 Å². The van der Waals surface area contributed by atoms with Crippen molar-refractivity contribution in [1.29, 1.82) is 0 Å². The summed E-state index contributed by atoms with van der Waals surface area (Å²) in [5.41, 5.74) is 2.23. The standard InChI is InChI=1S/C14H17N3O3/c1-2-20-13(18)10-3-4-11-12(9-10)16-14(15-11)17-5-7-19-8-6-17/h3-4,9H,2,5-8H2,1H3,(H,15,16). The van der Waals surface area contributed by atoms with Gasteiger partial charge in [-0.15, -0.1) is 0 Å². The number of hydrogen-bond acceptors (Lipinski definition) is 5. The lowest BCUT2D eigenvalue weighted by molar-refractivity contribution is 0.0526. The first-order chi connectivity index (χ1) is 9.78. The topological polar surface area (TPSA) is 67.4 Å². The predicted molar refractivity (Wildman–Crippen MR) is 75.1 cm³/mol. The molecule has 2 aromatic rings. The molecule has 1 N–H and O–H groups in total. The van der Waals surface area contributed by atoms with Crippen LogP contribution < -0.4 is 4.90 Å². The van der Waals surface area contributed by atoms with Gasteiger partial charge >= 0.3 is 5.97 Å². The molecule has 0 saturated carbocycles. The van der Waals surface area contributed by atoms with E-state index in [0.717, 1.165) is 30.1 Å². The molecule has 0 unspecified atom stereocenters. The predicted octanol–water partition coefficient (Wildman–Crippen LogP) is 1.58. The zero-order valence-electron chi connectivity index (χ0n) is 11.4. The highest BCUT2D eigenvalue weighted by Crippen LogP contribution is 2.20. The van der Waals surface area contributed by atoms with Crippen molar-refractivity contribution in [1.82, 2.24) is 9.97 Å². The molecule has 1 saturated heterocycles. The van der Waals surface area contributed by atoms with E-state index in [2.05, 4.69) is 14.9 Å². The van der Waals surface area contributed by atoms with Gasteiger partial charge in [-0.05, 0) is 25.1 Å². The largest absolute Gasteiger partial charge is 0.462 e. The minimum atomic E-state index is -0.308. The monoisotopic (exact) mass is 275 g/mol. The number of fused-ring (bicyclic) bond motifs is 1. The van der Waals surface area contributed by atoms with Crippen molar-refractivity contribution in [3.05, 3.63) is 23.8 Å². The molecule has 0 bridgehead atoms. The van der Waals surface area contributed by atoms with Crippen molar-refractivity contribution < 1.29 is 14.3 Å². The van der Waals surface area contributed by atoms with Crippen LogP contribution in [-0.2, 0) is 9.47 Å². The number of hydrogen-bond donors (Lipinski definition) is 1. The molecule has 1 aliphatic rings.